The fraction of sp³-hybridized carbons (Fsp3) is 0.333. The maximum atomic E-state index is 9.69. The number of nitrogens with zero attached hydrogens (tertiary/aromatic N) is 2. The summed E-state index contributed by atoms with van der Waals surface area (Å²) in [6.45, 7) is 1.75. The number of aromatic nitrogens is 3. The molecular formula is C9H12N4O. The molecule has 2 rings (SSSR count). The number of nitrogens with two attached hydrogens (primary N) is 1. The van der Waals surface area contributed by atoms with Crippen molar-refractivity contribution < 1.29 is 5.11 Å². The van der Waals surface area contributed by atoms with E-state index in [4.69, 9.17) is 5.73 Å². The third-order valence-corrected chi connectivity index (χ3v) is 2.13. The van der Waals surface area contributed by atoms with Gasteiger partial charge in [-0.25, -0.2) is 9.97 Å². The average Bonchev–Trinajstić information content (AvgIpc) is 2.59. The molecule has 0 aliphatic rings. The van der Waals surface area contributed by atoms with Gasteiger partial charge in [0, 0.05) is 23.3 Å². The highest BCUT2D eigenvalue weighted by Crippen LogP contribution is 2.18. The van der Waals surface area contributed by atoms with E-state index in [2.05, 4.69) is 15.0 Å². The first-order chi connectivity index (χ1) is 6.68. The van der Waals surface area contributed by atoms with Gasteiger partial charge in [0.2, 0.25) is 0 Å². The molecule has 0 bridgehead atoms. The number of fused-ring (bicyclic) bond motifs is 1. The van der Waals surface area contributed by atoms with Gasteiger partial charge in [-0.3, -0.25) is 0 Å². The van der Waals surface area contributed by atoms with Gasteiger partial charge in [0.1, 0.15) is 18.1 Å². The first-order valence-electron chi connectivity index (χ1n) is 4.41. The molecule has 74 valence electrons. The van der Waals surface area contributed by atoms with E-state index in [1.807, 2.05) is 6.07 Å². The summed E-state index contributed by atoms with van der Waals surface area (Å²) < 4.78 is 0. The molecule has 2 aromatic rings. The molecular weight excluding hydrogens is 180 g/mol. The molecule has 0 fully saturated rings. The minimum absolute atomic E-state index is 0.309. The predicted octanol–water partition coefficient (Wildman–Crippen LogP) is 0.339. The second-order valence-electron chi connectivity index (χ2n) is 3.36. The van der Waals surface area contributed by atoms with Crippen LogP contribution in [0.4, 0.5) is 0 Å². The number of hydrogen-bond donors (Lipinski definition) is 3. The Balaban J connectivity index is 2.45. The maximum Gasteiger partial charge on any atom is 0.140 e. The highest BCUT2D eigenvalue weighted by atomic mass is 16.3. The molecule has 0 radical (unpaired) electrons. The van der Waals surface area contributed by atoms with Gasteiger partial charge in [0.15, 0.2) is 0 Å². The summed E-state index contributed by atoms with van der Waals surface area (Å²) in [5.74, 6) is 0. The minimum Gasteiger partial charge on any atom is -0.385 e. The van der Waals surface area contributed by atoms with Crippen molar-refractivity contribution in [3.05, 3.63) is 24.3 Å². The van der Waals surface area contributed by atoms with E-state index in [0.29, 0.717) is 5.69 Å². The Hall–Kier alpha value is -1.46. The predicted molar refractivity (Wildman–Crippen MR) is 52.5 cm³/mol. The highest BCUT2D eigenvalue weighted by Gasteiger charge is 2.14. The van der Waals surface area contributed by atoms with Crippen LogP contribution in [0, 0.1) is 0 Å². The Labute approximate surface area is 81.0 Å². The van der Waals surface area contributed by atoms with Crippen molar-refractivity contribution in [1.29, 1.82) is 0 Å². The van der Waals surface area contributed by atoms with Crippen molar-refractivity contribution in [2.75, 3.05) is 0 Å². The zero-order valence-electron chi connectivity index (χ0n) is 7.81. The van der Waals surface area contributed by atoms with Gasteiger partial charge in [-0.05, 0) is 13.0 Å². The van der Waals surface area contributed by atoms with Crippen LogP contribution in [0.3, 0.4) is 0 Å². The number of aromatic amines is 1. The molecule has 5 heteroatoms. The van der Waals surface area contributed by atoms with Crippen molar-refractivity contribution in [3.8, 4) is 0 Å². The largest absolute Gasteiger partial charge is 0.385 e. The van der Waals surface area contributed by atoms with Crippen LogP contribution in [0.2, 0.25) is 0 Å². The summed E-state index contributed by atoms with van der Waals surface area (Å²) in [6, 6.07) is 1.50. The summed E-state index contributed by atoms with van der Waals surface area (Å²) in [4.78, 5) is 10.9. The Morgan fingerprint density at radius 1 is 1.57 bits per heavy atom. The van der Waals surface area contributed by atoms with Gasteiger partial charge in [-0.1, -0.05) is 0 Å². The molecule has 14 heavy (non-hydrogen) atoms. The van der Waals surface area contributed by atoms with E-state index in [1.54, 1.807) is 13.1 Å². The van der Waals surface area contributed by atoms with Gasteiger partial charge in [0.25, 0.3) is 0 Å². The number of nitrogens with one attached hydrogen (secondary N) is 1. The third kappa shape index (κ3) is 1.47. The van der Waals surface area contributed by atoms with Crippen molar-refractivity contribution in [2.24, 2.45) is 5.73 Å². The van der Waals surface area contributed by atoms with Crippen LogP contribution in [0.15, 0.2) is 18.6 Å². The number of H-pyrrole nitrogens is 1. The van der Waals surface area contributed by atoms with Crippen LogP contribution >= 0.6 is 0 Å². The number of hydrogen-bond acceptors (Lipinski definition) is 4. The topological polar surface area (TPSA) is 87.8 Å². The molecule has 2 unspecified atom stereocenters. The van der Waals surface area contributed by atoms with E-state index in [-0.39, 0.29) is 6.04 Å². The Bertz CT molecular complexity index is 404. The zero-order chi connectivity index (χ0) is 10.1. The van der Waals surface area contributed by atoms with Gasteiger partial charge in [0.05, 0.1) is 0 Å². The average molecular weight is 192 g/mol. The van der Waals surface area contributed by atoms with Crippen LogP contribution < -0.4 is 5.73 Å². The van der Waals surface area contributed by atoms with Gasteiger partial charge in [-0.2, -0.15) is 0 Å². The minimum atomic E-state index is -0.691. The summed E-state index contributed by atoms with van der Waals surface area (Å²) in [7, 11) is 0. The van der Waals surface area contributed by atoms with Crippen LogP contribution in [0.1, 0.15) is 18.7 Å². The van der Waals surface area contributed by atoms with Crippen molar-refractivity contribution in [1.82, 2.24) is 15.0 Å². The number of aliphatic hydroxyl groups excluding tert-OH is 1. The first kappa shape index (κ1) is 9.11. The van der Waals surface area contributed by atoms with Crippen LogP contribution in [-0.2, 0) is 0 Å². The summed E-state index contributed by atoms with van der Waals surface area (Å²) in [5, 5.41) is 10.6. The van der Waals surface area contributed by atoms with Gasteiger partial charge in [-0.15, -0.1) is 0 Å². The molecule has 4 N–H and O–H groups in total. The van der Waals surface area contributed by atoms with E-state index in [1.165, 1.54) is 6.33 Å². The molecule has 0 aliphatic carbocycles. The molecule has 0 amide bonds. The number of rotatable bonds is 2. The standard InChI is InChI=1S/C9H12N4O/c1-5(10)8(14)7-2-6-3-11-4-12-9(6)13-7/h2-5,8,14H,10H2,1H3,(H,11,12,13). The molecule has 2 aromatic heterocycles. The molecule has 2 heterocycles. The molecule has 2 atom stereocenters. The molecule has 0 aromatic carbocycles. The Kier molecular flexibility index (Phi) is 2.18. The smallest absolute Gasteiger partial charge is 0.140 e. The summed E-state index contributed by atoms with van der Waals surface area (Å²) in [6.07, 6.45) is 2.46. The SMILES string of the molecule is CC(N)C(O)c1cc2cncnc2[nH]1. The molecule has 5 nitrogen and oxygen atoms in total. The van der Waals surface area contributed by atoms with Crippen molar-refractivity contribution >= 4 is 11.0 Å². The second kappa shape index (κ2) is 3.36. The van der Waals surface area contributed by atoms with Crippen molar-refractivity contribution in [2.45, 2.75) is 19.1 Å². The van der Waals surface area contributed by atoms with E-state index in [0.717, 1.165) is 11.0 Å². The maximum absolute atomic E-state index is 9.69. The van der Waals surface area contributed by atoms with Gasteiger partial charge < -0.3 is 15.8 Å². The molecule has 0 spiro atoms. The van der Waals surface area contributed by atoms with Crippen LogP contribution in [0.5, 0.6) is 0 Å². The molecule has 0 saturated heterocycles. The number of aliphatic hydroxyl groups is 1. The molecule has 0 saturated carbocycles. The lowest BCUT2D eigenvalue weighted by Gasteiger charge is -2.11. The van der Waals surface area contributed by atoms with Crippen molar-refractivity contribution in [3.63, 3.8) is 0 Å². The summed E-state index contributed by atoms with van der Waals surface area (Å²) >= 11 is 0. The monoisotopic (exact) mass is 192 g/mol. The highest BCUT2D eigenvalue weighted by molar-refractivity contribution is 5.75. The quantitative estimate of drug-likeness (QED) is 0.640. The Morgan fingerprint density at radius 2 is 2.36 bits per heavy atom. The van der Waals surface area contributed by atoms with E-state index >= 15 is 0 Å². The molecule has 0 aliphatic heterocycles. The third-order valence-electron chi connectivity index (χ3n) is 2.13. The fourth-order valence-electron chi connectivity index (χ4n) is 1.33. The zero-order valence-corrected chi connectivity index (χ0v) is 7.81. The fourth-order valence-corrected chi connectivity index (χ4v) is 1.33. The lowest BCUT2D eigenvalue weighted by molar-refractivity contribution is 0.149. The van der Waals surface area contributed by atoms with Gasteiger partial charge >= 0.3 is 0 Å². The lowest BCUT2D eigenvalue weighted by atomic mass is 10.1. The summed E-state index contributed by atoms with van der Waals surface area (Å²) in [5.41, 5.74) is 6.98. The Morgan fingerprint density at radius 3 is 3.00 bits per heavy atom. The lowest BCUT2D eigenvalue weighted by Crippen LogP contribution is -2.24. The van der Waals surface area contributed by atoms with E-state index in [9.17, 15) is 5.11 Å². The van der Waals surface area contributed by atoms with Crippen LogP contribution in [-0.4, -0.2) is 26.1 Å². The second-order valence-corrected chi connectivity index (χ2v) is 3.36. The normalized spacial score (nSPS) is 15.6. The van der Waals surface area contributed by atoms with Crippen LogP contribution in [0.25, 0.3) is 11.0 Å². The first-order valence-corrected chi connectivity index (χ1v) is 4.41. The van der Waals surface area contributed by atoms with E-state index < -0.39 is 6.10 Å².